The summed E-state index contributed by atoms with van der Waals surface area (Å²) in [5.41, 5.74) is -0.134. The predicted molar refractivity (Wildman–Crippen MR) is 86.1 cm³/mol. The van der Waals surface area contributed by atoms with Gasteiger partial charge in [0.2, 0.25) is 11.8 Å². The second-order valence-corrected chi connectivity index (χ2v) is 7.93. The molecule has 0 aliphatic heterocycles. The lowest BCUT2D eigenvalue weighted by atomic mass is 9.49. The highest BCUT2D eigenvalue weighted by atomic mass is 16.2. The van der Waals surface area contributed by atoms with Crippen LogP contribution in [-0.2, 0) is 9.59 Å². The van der Waals surface area contributed by atoms with Gasteiger partial charge in [-0.2, -0.15) is 5.26 Å². The maximum atomic E-state index is 12.7. The average Bonchev–Trinajstić information content (AvgIpc) is 2.51. The molecule has 2 amide bonds. The maximum Gasteiger partial charge on any atom is 0.226 e. The van der Waals surface area contributed by atoms with E-state index < -0.39 is 0 Å². The van der Waals surface area contributed by atoms with E-state index in [0.29, 0.717) is 25.9 Å². The second-order valence-electron chi connectivity index (χ2n) is 7.93. The molecule has 4 bridgehead atoms. The van der Waals surface area contributed by atoms with Crippen LogP contribution in [0.5, 0.6) is 0 Å². The Morgan fingerprint density at radius 1 is 1.17 bits per heavy atom. The Hall–Kier alpha value is -1.57. The van der Waals surface area contributed by atoms with Crippen molar-refractivity contribution in [2.75, 3.05) is 20.1 Å². The minimum atomic E-state index is -0.134. The Morgan fingerprint density at radius 2 is 1.74 bits per heavy atom. The van der Waals surface area contributed by atoms with Crippen molar-refractivity contribution >= 4 is 11.8 Å². The highest BCUT2D eigenvalue weighted by Crippen LogP contribution is 2.60. The van der Waals surface area contributed by atoms with Gasteiger partial charge in [-0.1, -0.05) is 0 Å². The normalized spacial score (nSPS) is 34.0. The Bertz CT molecular complexity index is 488. The first-order valence-corrected chi connectivity index (χ1v) is 8.91. The zero-order valence-electron chi connectivity index (χ0n) is 14.0. The molecule has 126 valence electrons. The smallest absolute Gasteiger partial charge is 0.226 e. The quantitative estimate of drug-likeness (QED) is 0.815. The van der Waals surface area contributed by atoms with E-state index in [1.807, 2.05) is 6.07 Å². The summed E-state index contributed by atoms with van der Waals surface area (Å²) in [6.07, 6.45) is 7.82. The van der Waals surface area contributed by atoms with Crippen LogP contribution < -0.4 is 5.32 Å². The first-order chi connectivity index (χ1) is 11.0. The van der Waals surface area contributed by atoms with E-state index in [9.17, 15) is 9.59 Å². The van der Waals surface area contributed by atoms with E-state index >= 15 is 0 Å². The Balaban J connectivity index is 1.47. The molecule has 4 saturated carbocycles. The lowest BCUT2D eigenvalue weighted by Gasteiger charge is -2.55. The molecule has 0 spiro atoms. The molecule has 0 saturated heterocycles. The van der Waals surface area contributed by atoms with Crippen LogP contribution in [0.4, 0.5) is 0 Å². The Morgan fingerprint density at radius 3 is 2.26 bits per heavy atom. The number of nitrogens with one attached hydrogen (secondary N) is 1. The lowest BCUT2D eigenvalue weighted by Crippen LogP contribution is -2.53. The van der Waals surface area contributed by atoms with Gasteiger partial charge in [-0.05, 0) is 56.3 Å². The average molecular weight is 317 g/mol. The Labute approximate surface area is 138 Å². The molecule has 0 radical (unpaired) electrons. The van der Waals surface area contributed by atoms with Crippen LogP contribution in [0.3, 0.4) is 0 Å². The van der Waals surface area contributed by atoms with Crippen LogP contribution in [0.15, 0.2) is 0 Å². The molecule has 4 rings (SSSR count). The summed E-state index contributed by atoms with van der Waals surface area (Å²) in [4.78, 5) is 26.3. The summed E-state index contributed by atoms with van der Waals surface area (Å²) < 4.78 is 0. The molecule has 0 aromatic heterocycles. The zero-order chi connectivity index (χ0) is 16.4. The number of rotatable bonds is 6. The number of carbonyl (C=O) groups is 2. The minimum absolute atomic E-state index is 0.00828. The molecular formula is C18H27N3O2. The monoisotopic (exact) mass is 317 g/mol. The van der Waals surface area contributed by atoms with Gasteiger partial charge < -0.3 is 10.2 Å². The molecule has 23 heavy (non-hydrogen) atoms. The SMILES string of the molecule is CN(CCC#N)C(=O)CCNC(=O)C12CC3CC(CC(C3)C1)C2. The molecule has 5 heteroatoms. The van der Waals surface area contributed by atoms with E-state index in [4.69, 9.17) is 5.26 Å². The van der Waals surface area contributed by atoms with Gasteiger partial charge in [0.15, 0.2) is 0 Å². The minimum Gasteiger partial charge on any atom is -0.355 e. The Kier molecular flexibility index (Phi) is 4.61. The van der Waals surface area contributed by atoms with Crippen molar-refractivity contribution in [3.8, 4) is 6.07 Å². The summed E-state index contributed by atoms with van der Waals surface area (Å²) >= 11 is 0. The fourth-order valence-corrected chi connectivity index (χ4v) is 5.39. The third-order valence-corrected chi connectivity index (χ3v) is 6.13. The van der Waals surface area contributed by atoms with E-state index in [0.717, 1.165) is 37.0 Å². The van der Waals surface area contributed by atoms with Crippen molar-refractivity contribution in [1.82, 2.24) is 10.2 Å². The van der Waals surface area contributed by atoms with Crippen LogP contribution in [0, 0.1) is 34.5 Å². The number of nitriles is 1. The van der Waals surface area contributed by atoms with Crippen molar-refractivity contribution in [2.45, 2.75) is 51.4 Å². The summed E-state index contributed by atoms with van der Waals surface area (Å²) in [5, 5.41) is 11.6. The van der Waals surface area contributed by atoms with Crippen LogP contribution in [-0.4, -0.2) is 36.9 Å². The van der Waals surface area contributed by atoms with E-state index in [2.05, 4.69) is 5.32 Å². The summed E-state index contributed by atoms with van der Waals surface area (Å²) in [6.45, 7) is 0.870. The fraction of sp³-hybridized carbons (Fsp3) is 0.833. The van der Waals surface area contributed by atoms with E-state index in [1.165, 1.54) is 19.3 Å². The summed E-state index contributed by atoms with van der Waals surface area (Å²) in [7, 11) is 1.71. The summed E-state index contributed by atoms with van der Waals surface area (Å²) in [5.74, 6) is 2.44. The van der Waals surface area contributed by atoms with Gasteiger partial charge >= 0.3 is 0 Å². The number of hydrogen-bond acceptors (Lipinski definition) is 3. The molecule has 4 aliphatic rings. The second kappa shape index (κ2) is 6.51. The fourth-order valence-electron chi connectivity index (χ4n) is 5.39. The van der Waals surface area contributed by atoms with Gasteiger partial charge in [0.25, 0.3) is 0 Å². The number of amides is 2. The van der Waals surface area contributed by atoms with Crippen LogP contribution in [0.25, 0.3) is 0 Å². The molecule has 0 aromatic rings. The van der Waals surface area contributed by atoms with E-state index in [-0.39, 0.29) is 17.2 Å². The van der Waals surface area contributed by atoms with Gasteiger partial charge in [0.1, 0.15) is 0 Å². The molecule has 0 heterocycles. The molecule has 0 unspecified atom stereocenters. The molecule has 5 nitrogen and oxygen atoms in total. The third-order valence-electron chi connectivity index (χ3n) is 6.13. The van der Waals surface area contributed by atoms with Gasteiger partial charge in [-0.25, -0.2) is 0 Å². The van der Waals surface area contributed by atoms with Crippen molar-refractivity contribution in [3.05, 3.63) is 0 Å². The number of nitrogens with zero attached hydrogens (tertiary/aromatic N) is 2. The van der Waals surface area contributed by atoms with Crippen molar-refractivity contribution in [3.63, 3.8) is 0 Å². The molecular weight excluding hydrogens is 290 g/mol. The van der Waals surface area contributed by atoms with Gasteiger partial charge in [0, 0.05) is 32.0 Å². The summed E-state index contributed by atoms with van der Waals surface area (Å²) in [6, 6.07) is 2.04. The van der Waals surface area contributed by atoms with Gasteiger partial charge in [0.05, 0.1) is 12.5 Å². The van der Waals surface area contributed by atoms with Crippen molar-refractivity contribution < 1.29 is 9.59 Å². The number of carbonyl (C=O) groups excluding carboxylic acids is 2. The molecule has 4 fully saturated rings. The highest BCUT2D eigenvalue weighted by Gasteiger charge is 2.54. The zero-order valence-corrected chi connectivity index (χ0v) is 14.0. The maximum absolute atomic E-state index is 12.7. The van der Waals surface area contributed by atoms with Gasteiger partial charge in [-0.3, -0.25) is 9.59 Å². The predicted octanol–water partition coefficient (Wildman–Crippen LogP) is 2.08. The number of hydrogen-bond donors (Lipinski definition) is 1. The third kappa shape index (κ3) is 3.36. The van der Waals surface area contributed by atoms with E-state index in [1.54, 1.807) is 11.9 Å². The molecule has 0 aromatic carbocycles. The van der Waals surface area contributed by atoms with Crippen molar-refractivity contribution in [2.24, 2.45) is 23.2 Å². The van der Waals surface area contributed by atoms with Crippen LogP contribution in [0.2, 0.25) is 0 Å². The highest BCUT2D eigenvalue weighted by molar-refractivity contribution is 5.84. The van der Waals surface area contributed by atoms with Gasteiger partial charge in [-0.15, -0.1) is 0 Å². The topological polar surface area (TPSA) is 73.2 Å². The first-order valence-electron chi connectivity index (χ1n) is 8.91. The standard InChI is InChI=1S/C18H27N3O2/c1-21(6-2-4-19)16(22)3-5-20-17(23)18-10-13-7-14(11-18)9-15(8-13)12-18/h13-15H,2-3,5-12H2,1H3,(H,20,23). The largest absolute Gasteiger partial charge is 0.355 e. The van der Waals surface area contributed by atoms with Crippen molar-refractivity contribution in [1.29, 1.82) is 5.26 Å². The molecule has 0 atom stereocenters. The van der Waals surface area contributed by atoms with Crippen LogP contribution >= 0.6 is 0 Å². The van der Waals surface area contributed by atoms with Crippen LogP contribution in [0.1, 0.15) is 51.4 Å². The first kappa shape index (κ1) is 16.3. The molecule has 4 aliphatic carbocycles. The lowest BCUT2D eigenvalue weighted by molar-refractivity contribution is -0.146. The molecule has 1 N–H and O–H groups in total.